The van der Waals surface area contributed by atoms with Gasteiger partial charge in [-0.1, -0.05) is 0 Å². The third-order valence-corrected chi connectivity index (χ3v) is 3.19. The van der Waals surface area contributed by atoms with Crippen molar-refractivity contribution in [1.29, 1.82) is 0 Å². The molecule has 1 aliphatic heterocycles. The molecule has 6 nitrogen and oxygen atoms in total. The van der Waals surface area contributed by atoms with E-state index in [1.54, 1.807) is 18.2 Å². The number of carbonyl (C=O) groups excluding carboxylic acids is 2. The Bertz CT molecular complexity index is 508. The van der Waals surface area contributed by atoms with Gasteiger partial charge in [-0.15, -0.1) is 0 Å². The van der Waals surface area contributed by atoms with Gasteiger partial charge >= 0.3 is 11.9 Å². The molecule has 1 saturated heterocycles. The number of esters is 2. The van der Waals surface area contributed by atoms with E-state index in [2.05, 4.69) is 9.64 Å². The van der Waals surface area contributed by atoms with Crippen LogP contribution in [0.3, 0.4) is 0 Å². The number of morpholine rings is 1. The molecule has 0 atom stereocenters. The van der Waals surface area contributed by atoms with Gasteiger partial charge in [-0.05, 0) is 18.2 Å². The van der Waals surface area contributed by atoms with Crippen LogP contribution < -0.4 is 4.90 Å². The van der Waals surface area contributed by atoms with E-state index in [0.717, 1.165) is 18.8 Å². The van der Waals surface area contributed by atoms with E-state index >= 15 is 0 Å². The average molecular weight is 279 g/mol. The molecule has 0 bridgehead atoms. The zero-order valence-electron chi connectivity index (χ0n) is 11.5. The van der Waals surface area contributed by atoms with E-state index in [9.17, 15) is 9.59 Å². The fraction of sp³-hybridized carbons (Fsp3) is 0.429. The highest BCUT2D eigenvalue weighted by Gasteiger charge is 2.21. The molecular formula is C14H17NO5. The summed E-state index contributed by atoms with van der Waals surface area (Å²) in [6.07, 6.45) is 0. The highest BCUT2D eigenvalue weighted by Crippen LogP contribution is 2.22. The molecule has 6 heteroatoms. The molecule has 0 radical (unpaired) electrons. The number of methoxy groups -OCH3 is 2. The Balaban J connectivity index is 2.37. The van der Waals surface area contributed by atoms with Crippen molar-refractivity contribution in [2.45, 2.75) is 0 Å². The molecule has 1 fully saturated rings. The van der Waals surface area contributed by atoms with Crippen molar-refractivity contribution in [2.24, 2.45) is 0 Å². The smallest absolute Gasteiger partial charge is 0.338 e. The summed E-state index contributed by atoms with van der Waals surface area (Å²) in [7, 11) is 2.56. The zero-order chi connectivity index (χ0) is 14.5. The first kappa shape index (κ1) is 14.3. The van der Waals surface area contributed by atoms with E-state index in [0.29, 0.717) is 13.2 Å². The Morgan fingerprint density at radius 1 is 1.05 bits per heavy atom. The van der Waals surface area contributed by atoms with Gasteiger partial charge in [-0.2, -0.15) is 0 Å². The molecule has 0 aromatic heterocycles. The Labute approximate surface area is 117 Å². The van der Waals surface area contributed by atoms with Crippen molar-refractivity contribution in [2.75, 3.05) is 45.4 Å². The molecule has 1 aliphatic rings. The quantitative estimate of drug-likeness (QED) is 0.772. The number of nitrogens with zero attached hydrogens (tertiary/aromatic N) is 1. The molecule has 0 N–H and O–H groups in total. The number of benzene rings is 1. The highest BCUT2D eigenvalue weighted by atomic mass is 16.5. The van der Waals surface area contributed by atoms with Crippen molar-refractivity contribution >= 4 is 17.6 Å². The van der Waals surface area contributed by atoms with Gasteiger partial charge < -0.3 is 19.1 Å². The molecule has 0 aliphatic carbocycles. The molecule has 0 spiro atoms. The van der Waals surface area contributed by atoms with E-state index in [-0.39, 0.29) is 11.1 Å². The maximum Gasteiger partial charge on any atom is 0.338 e. The van der Waals surface area contributed by atoms with Crippen molar-refractivity contribution in [1.82, 2.24) is 0 Å². The van der Waals surface area contributed by atoms with Crippen LogP contribution in [0, 0.1) is 0 Å². The molecule has 1 aromatic carbocycles. The second-order valence-corrected chi connectivity index (χ2v) is 4.31. The SMILES string of the molecule is COC(=O)c1ccc(N2CCOCC2)cc1C(=O)OC. The number of rotatable bonds is 3. The van der Waals surface area contributed by atoms with Crippen molar-refractivity contribution in [3.05, 3.63) is 29.3 Å². The van der Waals surface area contributed by atoms with Crippen LogP contribution in [0.4, 0.5) is 5.69 Å². The summed E-state index contributed by atoms with van der Waals surface area (Å²) in [6.45, 7) is 2.79. The summed E-state index contributed by atoms with van der Waals surface area (Å²) in [4.78, 5) is 25.6. The largest absolute Gasteiger partial charge is 0.465 e. The molecule has 2 rings (SSSR count). The van der Waals surface area contributed by atoms with Crippen LogP contribution >= 0.6 is 0 Å². The Kier molecular flexibility index (Phi) is 4.57. The van der Waals surface area contributed by atoms with Crippen molar-refractivity contribution < 1.29 is 23.8 Å². The molecule has 1 heterocycles. The predicted octanol–water partition coefficient (Wildman–Crippen LogP) is 1.10. The fourth-order valence-electron chi connectivity index (χ4n) is 2.12. The van der Waals surface area contributed by atoms with Crippen LogP contribution in [-0.2, 0) is 14.2 Å². The second kappa shape index (κ2) is 6.38. The van der Waals surface area contributed by atoms with Crippen LogP contribution in [0.2, 0.25) is 0 Å². The van der Waals surface area contributed by atoms with E-state index < -0.39 is 11.9 Å². The Hall–Kier alpha value is -2.08. The first-order valence-electron chi connectivity index (χ1n) is 6.30. The summed E-state index contributed by atoms with van der Waals surface area (Å²) in [5.41, 5.74) is 1.28. The molecule has 0 amide bonds. The first-order valence-corrected chi connectivity index (χ1v) is 6.30. The van der Waals surface area contributed by atoms with Crippen LogP contribution in [-0.4, -0.2) is 52.5 Å². The Morgan fingerprint density at radius 3 is 2.25 bits per heavy atom. The van der Waals surface area contributed by atoms with Gasteiger partial charge in [0, 0.05) is 18.8 Å². The van der Waals surface area contributed by atoms with E-state index in [1.165, 1.54) is 14.2 Å². The molecule has 108 valence electrons. The lowest BCUT2D eigenvalue weighted by molar-refractivity contribution is 0.0555. The molecule has 1 aromatic rings. The standard InChI is InChI=1S/C14H17NO5/c1-18-13(16)11-4-3-10(9-12(11)14(17)19-2)15-5-7-20-8-6-15/h3-4,9H,5-8H2,1-2H3. The van der Waals surface area contributed by atoms with Crippen LogP contribution in [0.5, 0.6) is 0 Å². The highest BCUT2D eigenvalue weighted by molar-refractivity contribution is 6.03. The molecule has 0 saturated carbocycles. The van der Waals surface area contributed by atoms with Crippen molar-refractivity contribution in [3.8, 4) is 0 Å². The van der Waals surface area contributed by atoms with Gasteiger partial charge in [0.05, 0.1) is 38.6 Å². The second-order valence-electron chi connectivity index (χ2n) is 4.31. The summed E-state index contributed by atoms with van der Waals surface area (Å²) in [5, 5.41) is 0. The molecule has 20 heavy (non-hydrogen) atoms. The number of anilines is 1. The third-order valence-electron chi connectivity index (χ3n) is 3.19. The van der Waals surface area contributed by atoms with Crippen LogP contribution in [0.15, 0.2) is 18.2 Å². The van der Waals surface area contributed by atoms with Gasteiger partial charge in [0.25, 0.3) is 0 Å². The van der Waals surface area contributed by atoms with Crippen LogP contribution in [0.25, 0.3) is 0 Å². The Morgan fingerprint density at radius 2 is 1.65 bits per heavy atom. The lowest BCUT2D eigenvalue weighted by Gasteiger charge is -2.29. The van der Waals surface area contributed by atoms with E-state index in [1.807, 2.05) is 0 Å². The number of hydrogen-bond donors (Lipinski definition) is 0. The summed E-state index contributed by atoms with van der Waals surface area (Å²) in [6, 6.07) is 5.04. The summed E-state index contributed by atoms with van der Waals surface area (Å²) >= 11 is 0. The lowest BCUT2D eigenvalue weighted by atomic mass is 10.1. The normalized spacial score (nSPS) is 14.8. The number of carbonyl (C=O) groups is 2. The first-order chi connectivity index (χ1) is 9.67. The number of ether oxygens (including phenoxy) is 3. The lowest BCUT2D eigenvalue weighted by Crippen LogP contribution is -2.36. The zero-order valence-corrected chi connectivity index (χ0v) is 11.5. The van der Waals surface area contributed by atoms with Gasteiger partial charge in [0.1, 0.15) is 0 Å². The van der Waals surface area contributed by atoms with E-state index in [4.69, 9.17) is 9.47 Å². The minimum atomic E-state index is -0.557. The van der Waals surface area contributed by atoms with Gasteiger partial charge in [0.15, 0.2) is 0 Å². The number of hydrogen-bond acceptors (Lipinski definition) is 6. The summed E-state index contributed by atoms with van der Waals surface area (Å²) < 4.78 is 14.7. The van der Waals surface area contributed by atoms with Crippen LogP contribution in [0.1, 0.15) is 20.7 Å². The van der Waals surface area contributed by atoms with Gasteiger partial charge in [-0.25, -0.2) is 9.59 Å². The maximum atomic E-state index is 11.8. The average Bonchev–Trinajstić information content (AvgIpc) is 2.53. The monoisotopic (exact) mass is 279 g/mol. The fourth-order valence-corrected chi connectivity index (χ4v) is 2.12. The van der Waals surface area contributed by atoms with Crippen molar-refractivity contribution in [3.63, 3.8) is 0 Å². The predicted molar refractivity (Wildman–Crippen MR) is 72.2 cm³/mol. The third kappa shape index (κ3) is 2.91. The molecular weight excluding hydrogens is 262 g/mol. The topological polar surface area (TPSA) is 65.1 Å². The minimum Gasteiger partial charge on any atom is -0.465 e. The van der Waals surface area contributed by atoms with Gasteiger partial charge in [0.2, 0.25) is 0 Å². The summed E-state index contributed by atoms with van der Waals surface area (Å²) in [5.74, 6) is -1.11. The maximum absolute atomic E-state index is 11.8. The molecule has 0 unspecified atom stereocenters. The minimum absolute atomic E-state index is 0.205. The van der Waals surface area contributed by atoms with Gasteiger partial charge in [-0.3, -0.25) is 0 Å².